The van der Waals surface area contributed by atoms with E-state index in [0.717, 1.165) is 11.7 Å². The summed E-state index contributed by atoms with van der Waals surface area (Å²) >= 11 is 0. The molecule has 2 atom stereocenters. The van der Waals surface area contributed by atoms with Gasteiger partial charge < -0.3 is 15.0 Å². The van der Waals surface area contributed by atoms with Gasteiger partial charge in [0.25, 0.3) is 0 Å². The minimum atomic E-state index is 0.360. The third kappa shape index (κ3) is 4.45. The molecule has 3 heteroatoms. The number of rotatable bonds is 6. The van der Waals surface area contributed by atoms with Crippen LogP contribution < -0.4 is 10.1 Å². The Labute approximate surface area is 129 Å². The van der Waals surface area contributed by atoms with E-state index in [1.165, 1.54) is 38.0 Å². The van der Waals surface area contributed by atoms with Crippen LogP contribution in [0, 0.1) is 5.92 Å². The van der Waals surface area contributed by atoms with Crippen molar-refractivity contribution < 1.29 is 4.74 Å². The molecule has 1 aromatic carbocycles. The minimum absolute atomic E-state index is 0.360. The zero-order valence-electron chi connectivity index (χ0n) is 13.9. The standard InChI is InChI=1S/C18H30N2O/c1-5-20-11-9-16(10-12-20)14(2)19-15(3)17-7-6-8-18(13-17)21-4/h6-8,13-16,19H,5,9-12H2,1-4H3. The highest BCUT2D eigenvalue weighted by molar-refractivity contribution is 5.30. The Balaban J connectivity index is 1.88. The number of hydrogen-bond donors (Lipinski definition) is 1. The maximum absolute atomic E-state index is 5.32. The van der Waals surface area contributed by atoms with Crippen molar-refractivity contribution >= 4 is 0 Å². The van der Waals surface area contributed by atoms with E-state index < -0.39 is 0 Å². The number of ether oxygens (including phenoxy) is 1. The van der Waals surface area contributed by atoms with E-state index in [4.69, 9.17) is 4.74 Å². The van der Waals surface area contributed by atoms with Gasteiger partial charge in [-0.15, -0.1) is 0 Å². The van der Waals surface area contributed by atoms with Crippen LogP contribution in [-0.4, -0.2) is 37.7 Å². The number of likely N-dealkylation sites (tertiary alicyclic amines) is 1. The molecule has 1 N–H and O–H groups in total. The van der Waals surface area contributed by atoms with Crippen LogP contribution >= 0.6 is 0 Å². The summed E-state index contributed by atoms with van der Waals surface area (Å²) in [5.74, 6) is 1.73. The van der Waals surface area contributed by atoms with Crippen LogP contribution in [0.3, 0.4) is 0 Å². The predicted octanol–water partition coefficient (Wildman–Crippen LogP) is 3.47. The molecule has 21 heavy (non-hydrogen) atoms. The van der Waals surface area contributed by atoms with E-state index in [1.54, 1.807) is 7.11 Å². The Bertz CT molecular complexity index is 427. The van der Waals surface area contributed by atoms with Crippen LogP contribution in [0.5, 0.6) is 5.75 Å². The molecular weight excluding hydrogens is 260 g/mol. The summed E-state index contributed by atoms with van der Waals surface area (Å²) in [6.45, 7) is 10.5. The number of benzene rings is 1. The summed E-state index contributed by atoms with van der Waals surface area (Å²) in [6, 6.07) is 9.29. The highest BCUT2D eigenvalue weighted by Gasteiger charge is 2.24. The quantitative estimate of drug-likeness (QED) is 0.868. The lowest BCUT2D eigenvalue weighted by molar-refractivity contribution is 0.165. The van der Waals surface area contributed by atoms with E-state index >= 15 is 0 Å². The lowest BCUT2D eigenvalue weighted by Gasteiger charge is -2.35. The van der Waals surface area contributed by atoms with Crippen LogP contribution in [0.15, 0.2) is 24.3 Å². The van der Waals surface area contributed by atoms with Crippen molar-refractivity contribution in [1.29, 1.82) is 0 Å². The molecular formula is C18H30N2O. The van der Waals surface area contributed by atoms with Gasteiger partial charge in [-0.05, 0) is 69.9 Å². The van der Waals surface area contributed by atoms with Gasteiger partial charge in [-0.25, -0.2) is 0 Å². The maximum Gasteiger partial charge on any atom is 0.119 e. The first-order chi connectivity index (χ1) is 10.1. The molecule has 0 saturated carbocycles. The fraction of sp³-hybridized carbons (Fsp3) is 0.667. The Morgan fingerprint density at radius 1 is 1.29 bits per heavy atom. The average molecular weight is 290 g/mol. The van der Waals surface area contributed by atoms with E-state index in [9.17, 15) is 0 Å². The van der Waals surface area contributed by atoms with Crippen molar-refractivity contribution in [1.82, 2.24) is 10.2 Å². The van der Waals surface area contributed by atoms with Crippen LogP contribution in [0.2, 0.25) is 0 Å². The molecule has 1 heterocycles. The molecule has 1 aromatic rings. The SMILES string of the molecule is CCN1CCC(C(C)NC(C)c2cccc(OC)c2)CC1. The van der Waals surface area contributed by atoms with Crippen LogP contribution in [0.1, 0.15) is 45.2 Å². The Kier molecular flexibility index (Phi) is 6.07. The molecule has 1 aliphatic rings. The average Bonchev–Trinajstić information content (AvgIpc) is 2.54. The van der Waals surface area contributed by atoms with Gasteiger partial charge in [-0.1, -0.05) is 19.1 Å². The summed E-state index contributed by atoms with van der Waals surface area (Å²) in [7, 11) is 1.72. The first kappa shape index (κ1) is 16.3. The highest BCUT2D eigenvalue weighted by Crippen LogP contribution is 2.24. The van der Waals surface area contributed by atoms with Crippen molar-refractivity contribution in [3.8, 4) is 5.75 Å². The Morgan fingerprint density at radius 2 is 2.00 bits per heavy atom. The van der Waals surface area contributed by atoms with E-state index in [2.05, 4.69) is 49.2 Å². The summed E-state index contributed by atoms with van der Waals surface area (Å²) < 4.78 is 5.32. The van der Waals surface area contributed by atoms with Gasteiger partial charge in [-0.2, -0.15) is 0 Å². The van der Waals surface area contributed by atoms with Gasteiger partial charge in [0.15, 0.2) is 0 Å². The lowest BCUT2D eigenvalue weighted by atomic mass is 9.89. The molecule has 0 radical (unpaired) electrons. The second-order valence-corrected chi connectivity index (χ2v) is 6.23. The second kappa shape index (κ2) is 7.81. The van der Waals surface area contributed by atoms with Gasteiger partial charge >= 0.3 is 0 Å². The molecule has 1 saturated heterocycles. The molecule has 0 spiro atoms. The van der Waals surface area contributed by atoms with E-state index in [0.29, 0.717) is 12.1 Å². The predicted molar refractivity (Wildman–Crippen MR) is 88.8 cm³/mol. The smallest absolute Gasteiger partial charge is 0.119 e. The molecule has 1 fully saturated rings. The minimum Gasteiger partial charge on any atom is -0.497 e. The second-order valence-electron chi connectivity index (χ2n) is 6.23. The fourth-order valence-corrected chi connectivity index (χ4v) is 3.31. The summed E-state index contributed by atoms with van der Waals surface area (Å²) in [6.07, 6.45) is 2.62. The van der Waals surface area contributed by atoms with E-state index in [1.807, 2.05) is 6.07 Å². The Hall–Kier alpha value is -1.06. The normalized spacial score (nSPS) is 20.2. The number of nitrogens with one attached hydrogen (secondary N) is 1. The van der Waals surface area contributed by atoms with Gasteiger partial charge in [0.1, 0.15) is 5.75 Å². The molecule has 0 amide bonds. The summed E-state index contributed by atoms with van der Waals surface area (Å²) in [5.41, 5.74) is 1.30. The van der Waals surface area contributed by atoms with Crippen LogP contribution in [-0.2, 0) is 0 Å². The molecule has 3 nitrogen and oxygen atoms in total. The Morgan fingerprint density at radius 3 is 2.62 bits per heavy atom. The maximum atomic E-state index is 5.32. The van der Waals surface area contributed by atoms with Crippen LogP contribution in [0.4, 0.5) is 0 Å². The third-order valence-electron chi connectivity index (χ3n) is 4.89. The largest absolute Gasteiger partial charge is 0.497 e. The number of piperidine rings is 1. The van der Waals surface area contributed by atoms with Crippen LogP contribution in [0.25, 0.3) is 0 Å². The monoisotopic (exact) mass is 290 g/mol. The molecule has 2 rings (SSSR count). The van der Waals surface area contributed by atoms with Crippen molar-refractivity contribution in [2.75, 3.05) is 26.7 Å². The van der Waals surface area contributed by atoms with E-state index in [-0.39, 0.29) is 0 Å². The van der Waals surface area contributed by atoms with Gasteiger partial charge in [0.2, 0.25) is 0 Å². The van der Waals surface area contributed by atoms with Crippen molar-refractivity contribution in [2.45, 2.75) is 45.7 Å². The number of nitrogens with zero attached hydrogens (tertiary/aromatic N) is 1. The molecule has 1 aliphatic heterocycles. The zero-order chi connectivity index (χ0) is 15.2. The third-order valence-corrected chi connectivity index (χ3v) is 4.89. The molecule has 0 aromatic heterocycles. The topological polar surface area (TPSA) is 24.5 Å². The molecule has 118 valence electrons. The number of hydrogen-bond acceptors (Lipinski definition) is 3. The fourth-order valence-electron chi connectivity index (χ4n) is 3.31. The van der Waals surface area contributed by atoms with Crippen molar-refractivity contribution in [3.05, 3.63) is 29.8 Å². The van der Waals surface area contributed by atoms with Crippen molar-refractivity contribution in [2.24, 2.45) is 5.92 Å². The van der Waals surface area contributed by atoms with Gasteiger partial charge in [-0.3, -0.25) is 0 Å². The summed E-state index contributed by atoms with van der Waals surface area (Å²) in [4.78, 5) is 2.55. The lowest BCUT2D eigenvalue weighted by Crippen LogP contribution is -2.42. The number of methoxy groups -OCH3 is 1. The zero-order valence-corrected chi connectivity index (χ0v) is 13.9. The first-order valence-corrected chi connectivity index (χ1v) is 8.26. The van der Waals surface area contributed by atoms with Crippen molar-refractivity contribution in [3.63, 3.8) is 0 Å². The molecule has 2 unspecified atom stereocenters. The highest BCUT2D eigenvalue weighted by atomic mass is 16.5. The summed E-state index contributed by atoms with van der Waals surface area (Å²) in [5, 5.41) is 3.78. The van der Waals surface area contributed by atoms with Gasteiger partial charge in [0, 0.05) is 12.1 Å². The molecule has 0 bridgehead atoms. The van der Waals surface area contributed by atoms with Gasteiger partial charge in [0.05, 0.1) is 7.11 Å². The molecule has 0 aliphatic carbocycles. The first-order valence-electron chi connectivity index (χ1n) is 8.26.